The van der Waals surface area contributed by atoms with Crippen molar-refractivity contribution in [2.24, 2.45) is 0 Å². The Labute approximate surface area is 176 Å². The van der Waals surface area contributed by atoms with Gasteiger partial charge in [-0.1, -0.05) is 30.3 Å². The minimum absolute atomic E-state index is 0.158. The molecule has 3 aromatic rings. The van der Waals surface area contributed by atoms with Gasteiger partial charge < -0.3 is 9.88 Å². The maximum atomic E-state index is 12.6. The summed E-state index contributed by atoms with van der Waals surface area (Å²) in [7, 11) is -2.32. The number of likely N-dealkylation sites (N-methyl/N-ethyl adjacent to an activating group) is 1. The summed E-state index contributed by atoms with van der Waals surface area (Å²) in [6.07, 6.45) is 5.36. The van der Waals surface area contributed by atoms with E-state index in [-0.39, 0.29) is 11.4 Å². The number of hydrogen-bond acceptors (Lipinski definition) is 4. The first kappa shape index (κ1) is 20.3. The van der Waals surface area contributed by atoms with Crippen LogP contribution in [-0.2, 0) is 27.8 Å². The predicted octanol–water partition coefficient (Wildman–Crippen LogP) is 3.15. The average molecular weight is 425 g/mol. The Morgan fingerprint density at radius 1 is 1.13 bits per heavy atom. The van der Waals surface area contributed by atoms with Crippen LogP contribution in [0.3, 0.4) is 0 Å². The second-order valence-electron chi connectivity index (χ2n) is 7.40. The lowest BCUT2D eigenvalue weighted by Crippen LogP contribution is -2.34. The van der Waals surface area contributed by atoms with Crippen LogP contribution in [0.4, 0.5) is 5.69 Å². The number of carbonyl (C=O) groups excluding carboxylic acids is 1. The van der Waals surface area contributed by atoms with E-state index in [1.165, 1.54) is 19.2 Å². The minimum atomic E-state index is -3.72. The van der Waals surface area contributed by atoms with Crippen molar-refractivity contribution in [3.05, 3.63) is 66.6 Å². The molecule has 0 saturated carbocycles. The van der Waals surface area contributed by atoms with Gasteiger partial charge in [0.15, 0.2) is 0 Å². The number of nitrogens with zero attached hydrogens (tertiary/aromatic N) is 3. The van der Waals surface area contributed by atoms with E-state index in [4.69, 9.17) is 4.98 Å². The first-order valence-corrected chi connectivity index (χ1v) is 11.4. The third-order valence-electron chi connectivity index (χ3n) is 5.17. The van der Waals surface area contributed by atoms with Gasteiger partial charge in [-0.15, -0.1) is 0 Å². The van der Waals surface area contributed by atoms with Gasteiger partial charge in [0.25, 0.3) is 0 Å². The van der Waals surface area contributed by atoms with Gasteiger partial charge in [-0.05, 0) is 37.1 Å². The van der Waals surface area contributed by atoms with E-state index < -0.39 is 15.9 Å². The summed E-state index contributed by atoms with van der Waals surface area (Å²) in [5, 5.41) is 2.79. The van der Waals surface area contributed by atoms with Gasteiger partial charge in [0.2, 0.25) is 15.9 Å². The number of nitrogens with one attached hydrogen (secondary N) is 1. The fraction of sp³-hybridized carbons (Fsp3) is 0.273. The Balaban J connectivity index is 1.45. The van der Waals surface area contributed by atoms with Gasteiger partial charge in [-0.25, -0.2) is 13.4 Å². The van der Waals surface area contributed by atoms with Crippen LogP contribution in [0.5, 0.6) is 0 Å². The van der Waals surface area contributed by atoms with Crippen LogP contribution in [0, 0.1) is 0 Å². The standard InChI is InChI=1S/C22H24N4O3S/c1-25(30(28,29)19-10-3-2-4-11-19)16-22(27)23-18-9-7-8-17(14-18)20-15-26-13-6-5-12-21(26)24-20/h2-4,7-11,14-15H,5-6,12-13,16H2,1H3,(H,23,27). The molecule has 8 heteroatoms. The van der Waals surface area contributed by atoms with Gasteiger partial charge in [0, 0.05) is 37.5 Å². The number of sulfonamides is 1. The Bertz CT molecular complexity index is 1130. The monoisotopic (exact) mass is 424 g/mol. The molecule has 0 saturated heterocycles. The van der Waals surface area contributed by atoms with Gasteiger partial charge in [-0.2, -0.15) is 4.31 Å². The molecule has 0 atom stereocenters. The lowest BCUT2D eigenvalue weighted by Gasteiger charge is -2.17. The second-order valence-corrected chi connectivity index (χ2v) is 9.44. The summed E-state index contributed by atoms with van der Waals surface area (Å²) in [4.78, 5) is 17.3. The van der Waals surface area contributed by atoms with Gasteiger partial charge >= 0.3 is 0 Å². The molecule has 0 bridgehead atoms. The van der Waals surface area contributed by atoms with Crippen LogP contribution in [0.1, 0.15) is 18.7 Å². The fourth-order valence-corrected chi connectivity index (χ4v) is 4.72. The van der Waals surface area contributed by atoms with Crippen LogP contribution in [0.25, 0.3) is 11.3 Å². The first-order valence-electron chi connectivity index (χ1n) is 9.91. The zero-order valence-electron chi connectivity index (χ0n) is 16.8. The van der Waals surface area contributed by atoms with Crippen LogP contribution < -0.4 is 5.32 Å². The molecule has 0 spiro atoms. The van der Waals surface area contributed by atoms with Crippen molar-refractivity contribution in [2.45, 2.75) is 30.7 Å². The average Bonchev–Trinajstić information content (AvgIpc) is 3.19. The lowest BCUT2D eigenvalue weighted by atomic mass is 10.1. The largest absolute Gasteiger partial charge is 0.334 e. The number of imidazole rings is 1. The smallest absolute Gasteiger partial charge is 0.243 e. The maximum Gasteiger partial charge on any atom is 0.243 e. The number of amides is 1. The van der Waals surface area contributed by atoms with Crippen molar-refractivity contribution in [3.8, 4) is 11.3 Å². The molecule has 0 radical (unpaired) electrons. The molecule has 1 amide bonds. The molecule has 1 aliphatic heterocycles. The number of rotatable bonds is 6. The predicted molar refractivity (Wildman–Crippen MR) is 115 cm³/mol. The Kier molecular flexibility index (Phi) is 5.69. The van der Waals surface area contributed by atoms with Gasteiger partial charge in [-0.3, -0.25) is 4.79 Å². The van der Waals surface area contributed by atoms with Crippen LogP contribution in [0.2, 0.25) is 0 Å². The molecule has 0 aliphatic carbocycles. The first-order chi connectivity index (χ1) is 14.4. The Hall–Kier alpha value is -2.97. The minimum Gasteiger partial charge on any atom is -0.334 e. The molecule has 1 aliphatic rings. The highest BCUT2D eigenvalue weighted by atomic mass is 32.2. The molecule has 1 aromatic heterocycles. The highest BCUT2D eigenvalue weighted by Crippen LogP contribution is 2.25. The maximum absolute atomic E-state index is 12.6. The SMILES string of the molecule is CN(CC(=O)Nc1cccc(-c2cn3c(n2)CCCC3)c1)S(=O)(=O)c1ccccc1. The van der Waals surface area contributed by atoms with E-state index >= 15 is 0 Å². The summed E-state index contributed by atoms with van der Waals surface area (Å²) < 4.78 is 28.4. The van der Waals surface area contributed by atoms with Gasteiger partial charge in [0.1, 0.15) is 5.82 Å². The molecule has 156 valence electrons. The van der Waals surface area contributed by atoms with Crippen LogP contribution >= 0.6 is 0 Å². The van der Waals surface area contributed by atoms with E-state index in [2.05, 4.69) is 16.1 Å². The summed E-state index contributed by atoms with van der Waals surface area (Å²) in [6.45, 7) is 0.710. The zero-order chi connectivity index (χ0) is 21.1. The van der Waals surface area contributed by atoms with Crippen LogP contribution in [0.15, 0.2) is 65.7 Å². The number of hydrogen-bond donors (Lipinski definition) is 1. The van der Waals surface area contributed by atoms with E-state index in [9.17, 15) is 13.2 Å². The van der Waals surface area contributed by atoms with Crippen molar-refractivity contribution in [2.75, 3.05) is 18.9 Å². The molecule has 0 fully saturated rings. The molecule has 30 heavy (non-hydrogen) atoms. The lowest BCUT2D eigenvalue weighted by molar-refractivity contribution is -0.116. The number of fused-ring (bicyclic) bond motifs is 1. The Morgan fingerprint density at radius 3 is 2.70 bits per heavy atom. The molecule has 0 unspecified atom stereocenters. The molecular weight excluding hydrogens is 400 g/mol. The third kappa shape index (κ3) is 4.29. The highest BCUT2D eigenvalue weighted by Gasteiger charge is 2.22. The number of benzene rings is 2. The van der Waals surface area contributed by atoms with E-state index in [1.54, 1.807) is 24.3 Å². The number of anilines is 1. The highest BCUT2D eigenvalue weighted by molar-refractivity contribution is 7.89. The normalized spacial score (nSPS) is 13.8. The second kappa shape index (κ2) is 8.41. The van der Waals surface area contributed by atoms with Gasteiger partial charge in [0.05, 0.1) is 17.1 Å². The van der Waals surface area contributed by atoms with E-state index in [1.807, 2.05) is 18.2 Å². The molecule has 1 N–H and O–H groups in total. The van der Waals surface area contributed by atoms with Crippen molar-refractivity contribution in [1.29, 1.82) is 0 Å². The molecule has 2 heterocycles. The third-order valence-corrected chi connectivity index (χ3v) is 6.99. The summed E-state index contributed by atoms with van der Waals surface area (Å²) in [5.41, 5.74) is 2.40. The van der Waals surface area contributed by atoms with E-state index in [0.717, 1.165) is 47.2 Å². The number of aryl methyl sites for hydroxylation is 2. The van der Waals surface area contributed by atoms with Crippen molar-refractivity contribution >= 4 is 21.6 Å². The van der Waals surface area contributed by atoms with Crippen molar-refractivity contribution in [3.63, 3.8) is 0 Å². The topological polar surface area (TPSA) is 84.3 Å². The van der Waals surface area contributed by atoms with Crippen molar-refractivity contribution < 1.29 is 13.2 Å². The summed E-state index contributed by atoms with van der Waals surface area (Å²) in [5.74, 6) is 0.691. The molecule has 4 rings (SSSR count). The van der Waals surface area contributed by atoms with E-state index in [0.29, 0.717) is 5.69 Å². The molecule has 7 nitrogen and oxygen atoms in total. The number of aromatic nitrogens is 2. The summed E-state index contributed by atoms with van der Waals surface area (Å²) >= 11 is 0. The summed E-state index contributed by atoms with van der Waals surface area (Å²) in [6, 6.07) is 15.5. The Morgan fingerprint density at radius 2 is 1.93 bits per heavy atom. The number of carbonyl (C=O) groups is 1. The molecule has 2 aromatic carbocycles. The van der Waals surface area contributed by atoms with Crippen molar-refractivity contribution in [1.82, 2.24) is 13.9 Å². The molecular formula is C22H24N4O3S. The zero-order valence-corrected chi connectivity index (χ0v) is 17.6. The van der Waals surface area contributed by atoms with Crippen LogP contribution in [-0.4, -0.2) is 41.8 Å². The quantitative estimate of drug-likeness (QED) is 0.659. The fourth-order valence-electron chi connectivity index (χ4n) is 3.57.